The zero-order chi connectivity index (χ0) is 12.4. The Kier molecular flexibility index (Phi) is 3.20. The van der Waals surface area contributed by atoms with Crippen LogP contribution in [0.3, 0.4) is 0 Å². The molecule has 0 radical (unpaired) electrons. The highest BCUT2D eigenvalue weighted by Crippen LogP contribution is 2.28. The highest BCUT2D eigenvalue weighted by Gasteiger charge is 2.28. The Labute approximate surface area is 99.8 Å². The largest absolute Gasteiger partial charge is 0.396 e. The Morgan fingerprint density at radius 1 is 1.06 bits per heavy atom. The molecule has 1 aromatic carbocycles. The van der Waals surface area contributed by atoms with E-state index in [1.807, 2.05) is 0 Å². The van der Waals surface area contributed by atoms with Crippen LogP contribution in [0, 0.1) is 0 Å². The van der Waals surface area contributed by atoms with Crippen LogP contribution in [0.4, 0.5) is 0 Å². The van der Waals surface area contributed by atoms with Gasteiger partial charge in [0.15, 0.2) is 11.6 Å². The van der Waals surface area contributed by atoms with Gasteiger partial charge >= 0.3 is 0 Å². The molecule has 0 unspecified atom stereocenters. The van der Waals surface area contributed by atoms with Crippen molar-refractivity contribution in [3.63, 3.8) is 0 Å². The van der Waals surface area contributed by atoms with Gasteiger partial charge in [-0.05, 0) is 19.8 Å². The predicted molar refractivity (Wildman–Crippen MR) is 64.1 cm³/mol. The van der Waals surface area contributed by atoms with Crippen LogP contribution < -0.4 is 0 Å². The molecular weight excluding hydrogens is 216 g/mol. The molecule has 0 atom stereocenters. The SMILES string of the molecule is CC1=C(CCCO)C(=O)c2ccccc2C1=O. The summed E-state index contributed by atoms with van der Waals surface area (Å²) in [4.78, 5) is 24.2. The van der Waals surface area contributed by atoms with E-state index < -0.39 is 0 Å². The van der Waals surface area contributed by atoms with Gasteiger partial charge in [-0.25, -0.2) is 0 Å². The first-order chi connectivity index (χ1) is 8.16. The zero-order valence-corrected chi connectivity index (χ0v) is 9.69. The number of fused-ring (bicyclic) bond motifs is 1. The number of Topliss-reactive ketones (excluding diaryl/α,β-unsaturated/α-hetero) is 2. The summed E-state index contributed by atoms with van der Waals surface area (Å²) < 4.78 is 0. The molecule has 0 fully saturated rings. The molecule has 0 aromatic heterocycles. The third-order valence-corrected chi connectivity index (χ3v) is 3.07. The minimum absolute atomic E-state index is 0.0277. The molecule has 0 bridgehead atoms. The lowest BCUT2D eigenvalue weighted by Gasteiger charge is -2.18. The average molecular weight is 230 g/mol. The van der Waals surface area contributed by atoms with Crippen LogP contribution in [-0.2, 0) is 0 Å². The smallest absolute Gasteiger partial charge is 0.190 e. The summed E-state index contributed by atoms with van der Waals surface area (Å²) in [5.74, 6) is -0.153. The predicted octanol–water partition coefficient (Wildman–Crippen LogP) is 2.15. The van der Waals surface area contributed by atoms with E-state index in [2.05, 4.69) is 0 Å². The Bertz CT molecular complexity index is 512. The van der Waals surface area contributed by atoms with E-state index in [-0.39, 0.29) is 18.2 Å². The van der Waals surface area contributed by atoms with Crippen molar-refractivity contribution in [2.45, 2.75) is 19.8 Å². The molecular formula is C14H14O3. The lowest BCUT2D eigenvalue weighted by Crippen LogP contribution is -2.21. The van der Waals surface area contributed by atoms with Gasteiger partial charge in [0.1, 0.15) is 0 Å². The lowest BCUT2D eigenvalue weighted by molar-refractivity contribution is 0.0971. The summed E-state index contributed by atoms with van der Waals surface area (Å²) in [5, 5.41) is 8.81. The van der Waals surface area contributed by atoms with E-state index in [0.29, 0.717) is 35.1 Å². The number of carbonyl (C=O) groups excluding carboxylic acids is 2. The molecule has 3 heteroatoms. The van der Waals surface area contributed by atoms with E-state index >= 15 is 0 Å². The minimum atomic E-state index is -0.0776. The van der Waals surface area contributed by atoms with Gasteiger partial charge in [0.25, 0.3) is 0 Å². The Morgan fingerprint density at radius 3 is 2.24 bits per heavy atom. The summed E-state index contributed by atoms with van der Waals surface area (Å²) in [5.41, 5.74) is 2.03. The highest BCUT2D eigenvalue weighted by atomic mass is 16.3. The minimum Gasteiger partial charge on any atom is -0.396 e. The molecule has 0 aliphatic heterocycles. The van der Waals surface area contributed by atoms with Crippen LogP contribution in [0.25, 0.3) is 0 Å². The van der Waals surface area contributed by atoms with Crippen molar-refractivity contribution in [1.29, 1.82) is 0 Å². The Balaban J connectivity index is 2.47. The molecule has 1 aliphatic carbocycles. The molecule has 3 nitrogen and oxygen atoms in total. The fourth-order valence-electron chi connectivity index (χ4n) is 2.11. The highest BCUT2D eigenvalue weighted by molar-refractivity contribution is 6.26. The number of aliphatic hydroxyl groups excluding tert-OH is 1. The van der Waals surface area contributed by atoms with Crippen LogP contribution in [0.2, 0.25) is 0 Å². The van der Waals surface area contributed by atoms with Crippen molar-refractivity contribution in [3.05, 3.63) is 46.5 Å². The Hall–Kier alpha value is -1.74. The van der Waals surface area contributed by atoms with Crippen molar-refractivity contribution in [2.24, 2.45) is 0 Å². The van der Waals surface area contributed by atoms with Crippen LogP contribution in [0.1, 0.15) is 40.5 Å². The van der Waals surface area contributed by atoms with E-state index in [9.17, 15) is 9.59 Å². The first kappa shape index (κ1) is 11.7. The van der Waals surface area contributed by atoms with Crippen molar-refractivity contribution < 1.29 is 14.7 Å². The summed E-state index contributed by atoms with van der Waals surface area (Å²) in [6.45, 7) is 1.71. The second-order valence-corrected chi connectivity index (χ2v) is 4.13. The number of allylic oxidation sites excluding steroid dienone is 2. The van der Waals surface area contributed by atoms with Gasteiger partial charge in [-0.3, -0.25) is 9.59 Å². The maximum Gasteiger partial charge on any atom is 0.190 e. The van der Waals surface area contributed by atoms with Gasteiger partial charge in [-0.1, -0.05) is 24.3 Å². The standard InChI is InChI=1S/C14H14O3/c1-9-10(7-4-8-15)14(17)12-6-3-2-5-11(12)13(9)16/h2-3,5-6,15H,4,7-8H2,1H3. The summed E-state index contributed by atoms with van der Waals surface area (Å²) in [7, 11) is 0. The molecule has 0 heterocycles. The fraction of sp³-hybridized carbons (Fsp3) is 0.286. The quantitative estimate of drug-likeness (QED) is 0.865. The molecule has 1 aliphatic rings. The number of hydrogen-bond acceptors (Lipinski definition) is 3. The van der Waals surface area contributed by atoms with Crippen LogP contribution >= 0.6 is 0 Å². The number of rotatable bonds is 3. The molecule has 17 heavy (non-hydrogen) atoms. The summed E-state index contributed by atoms with van der Waals surface area (Å²) >= 11 is 0. The van der Waals surface area contributed by atoms with Gasteiger partial charge in [0.2, 0.25) is 0 Å². The van der Waals surface area contributed by atoms with Crippen molar-refractivity contribution in [2.75, 3.05) is 6.61 Å². The first-order valence-electron chi connectivity index (χ1n) is 5.66. The third kappa shape index (κ3) is 1.94. The molecule has 1 N–H and O–H groups in total. The van der Waals surface area contributed by atoms with E-state index in [4.69, 9.17) is 5.11 Å². The molecule has 0 saturated heterocycles. The van der Waals surface area contributed by atoms with Crippen LogP contribution in [-0.4, -0.2) is 23.3 Å². The topological polar surface area (TPSA) is 54.4 Å². The van der Waals surface area contributed by atoms with E-state index in [1.165, 1.54) is 0 Å². The van der Waals surface area contributed by atoms with E-state index in [0.717, 1.165) is 0 Å². The van der Waals surface area contributed by atoms with Crippen molar-refractivity contribution >= 4 is 11.6 Å². The molecule has 88 valence electrons. The van der Waals surface area contributed by atoms with Gasteiger partial charge in [0.05, 0.1) is 0 Å². The van der Waals surface area contributed by atoms with E-state index in [1.54, 1.807) is 31.2 Å². The molecule has 2 rings (SSSR count). The van der Waals surface area contributed by atoms with Gasteiger partial charge in [-0.2, -0.15) is 0 Å². The number of ketones is 2. The van der Waals surface area contributed by atoms with Crippen molar-refractivity contribution in [3.8, 4) is 0 Å². The fourth-order valence-corrected chi connectivity index (χ4v) is 2.11. The molecule has 0 amide bonds. The lowest BCUT2D eigenvalue weighted by atomic mass is 9.83. The summed E-state index contributed by atoms with van der Waals surface area (Å²) in [6, 6.07) is 6.88. The Morgan fingerprint density at radius 2 is 1.65 bits per heavy atom. The van der Waals surface area contributed by atoms with Crippen molar-refractivity contribution in [1.82, 2.24) is 0 Å². The van der Waals surface area contributed by atoms with Gasteiger partial charge < -0.3 is 5.11 Å². The monoisotopic (exact) mass is 230 g/mol. The van der Waals surface area contributed by atoms with Gasteiger partial charge in [-0.15, -0.1) is 0 Å². The normalized spacial score (nSPS) is 15.2. The third-order valence-electron chi connectivity index (χ3n) is 3.07. The molecule has 1 aromatic rings. The average Bonchev–Trinajstić information content (AvgIpc) is 2.36. The van der Waals surface area contributed by atoms with Crippen LogP contribution in [0.5, 0.6) is 0 Å². The molecule has 0 spiro atoms. The number of benzene rings is 1. The number of aliphatic hydroxyl groups is 1. The van der Waals surface area contributed by atoms with Gasteiger partial charge in [0, 0.05) is 28.9 Å². The maximum atomic E-state index is 12.2. The zero-order valence-electron chi connectivity index (χ0n) is 9.69. The summed E-state index contributed by atoms with van der Waals surface area (Å²) in [6.07, 6.45) is 0.967. The second-order valence-electron chi connectivity index (χ2n) is 4.13. The molecule has 0 saturated carbocycles. The van der Waals surface area contributed by atoms with Crippen LogP contribution in [0.15, 0.2) is 35.4 Å². The number of carbonyl (C=O) groups is 2. The first-order valence-corrected chi connectivity index (χ1v) is 5.66. The number of hydrogen-bond donors (Lipinski definition) is 1. The second kappa shape index (κ2) is 4.63. The maximum absolute atomic E-state index is 12.2.